The predicted molar refractivity (Wildman–Crippen MR) is 257 cm³/mol. The molecule has 12 heteroatoms. The Hall–Kier alpha value is -5.26. The number of carbonyl (C=O) groups excluding carboxylic acids is 2. The van der Waals surface area contributed by atoms with Gasteiger partial charge in [0, 0.05) is 72.3 Å². The van der Waals surface area contributed by atoms with Crippen LogP contribution in [0.1, 0.15) is 178 Å². The number of benzene rings is 2. The van der Waals surface area contributed by atoms with Gasteiger partial charge in [-0.3, -0.25) is 29.8 Å². The van der Waals surface area contributed by atoms with E-state index in [1.54, 1.807) is 24.3 Å². The minimum absolute atomic E-state index is 0.118. The standard InChI is InChI=1S/2C26H38N2O4/c1-3-4-5-11-14-25-20-22(13-10-8-6-7-9-12-15-26(29)32-2)21-27(25)23-16-18-24(19-17-23)28(30)31;1-3-4-5-10-13-22-20-25(14-11-8-6-7-9-12-15-26(29)32-2)27(21-22)23-16-18-24(19-17-23)28(30)31/h2*16-21H,3-15H2,1-2H3. The number of methoxy groups -OCH3 is 2. The van der Waals surface area contributed by atoms with Crippen LogP contribution in [0.4, 0.5) is 11.4 Å². The fourth-order valence-corrected chi connectivity index (χ4v) is 8.03. The zero-order valence-corrected chi connectivity index (χ0v) is 39.4. The lowest BCUT2D eigenvalue weighted by Gasteiger charge is -2.09. The summed E-state index contributed by atoms with van der Waals surface area (Å²) in [6.45, 7) is 4.44. The molecule has 0 aliphatic carbocycles. The average Bonchev–Trinajstić information content (AvgIpc) is 3.92. The third kappa shape index (κ3) is 20.5. The minimum Gasteiger partial charge on any atom is -0.469 e. The van der Waals surface area contributed by atoms with Gasteiger partial charge in [0.25, 0.3) is 11.4 Å². The smallest absolute Gasteiger partial charge is 0.305 e. The number of nitro groups is 2. The normalized spacial score (nSPS) is 10.9. The molecule has 2 heterocycles. The van der Waals surface area contributed by atoms with Gasteiger partial charge in [-0.2, -0.15) is 0 Å². The second kappa shape index (κ2) is 31.6. The van der Waals surface area contributed by atoms with Crippen molar-refractivity contribution in [1.82, 2.24) is 9.13 Å². The molecule has 0 unspecified atom stereocenters. The summed E-state index contributed by atoms with van der Waals surface area (Å²) in [5, 5.41) is 22.0. The second-order valence-corrected chi connectivity index (χ2v) is 17.0. The summed E-state index contributed by atoms with van der Waals surface area (Å²) in [5.41, 5.74) is 7.44. The number of hydrogen-bond donors (Lipinski definition) is 0. The van der Waals surface area contributed by atoms with Crippen LogP contribution in [-0.4, -0.2) is 45.1 Å². The Morgan fingerprint density at radius 2 is 0.781 bits per heavy atom. The lowest BCUT2D eigenvalue weighted by molar-refractivity contribution is -0.385. The number of non-ortho nitro benzene ring substituents is 2. The lowest BCUT2D eigenvalue weighted by Crippen LogP contribution is -2.00. The van der Waals surface area contributed by atoms with Gasteiger partial charge in [-0.1, -0.05) is 104 Å². The summed E-state index contributed by atoms with van der Waals surface area (Å²) in [5.74, 6) is -0.240. The van der Waals surface area contributed by atoms with Crippen molar-refractivity contribution in [3.05, 3.63) is 116 Å². The number of nitrogens with zero attached hydrogens (tertiary/aromatic N) is 4. The van der Waals surface area contributed by atoms with E-state index < -0.39 is 0 Å². The highest BCUT2D eigenvalue weighted by molar-refractivity contribution is 5.69. The van der Waals surface area contributed by atoms with Gasteiger partial charge in [-0.15, -0.1) is 0 Å². The monoisotopic (exact) mass is 885 g/mol. The average molecular weight is 885 g/mol. The molecule has 352 valence electrons. The van der Waals surface area contributed by atoms with E-state index in [2.05, 4.69) is 57.0 Å². The summed E-state index contributed by atoms with van der Waals surface area (Å²) in [7, 11) is 2.87. The van der Waals surface area contributed by atoms with Gasteiger partial charge in [-0.05, 0) is 112 Å². The SMILES string of the molecule is CCCCCCc1cc(CCCCCCCCC(=O)OC)cn1-c1ccc([N+](=O)[O-])cc1.CCCCCCc1cc(CCCCCCCCC(=O)OC)n(-c2ccc([N+](=O)[O-])cc2)c1. The van der Waals surface area contributed by atoms with Crippen LogP contribution in [0.15, 0.2) is 73.1 Å². The molecule has 0 spiro atoms. The van der Waals surface area contributed by atoms with E-state index >= 15 is 0 Å². The third-order valence-corrected chi connectivity index (χ3v) is 11.8. The first kappa shape index (κ1) is 53.1. The molecular formula is C52H76N4O8. The molecule has 0 fully saturated rings. The van der Waals surface area contributed by atoms with E-state index in [9.17, 15) is 29.8 Å². The van der Waals surface area contributed by atoms with E-state index in [-0.39, 0.29) is 33.2 Å². The summed E-state index contributed by atoms with van der Waals surface area (Å²) in [4.78, 5) is 43.5. The number of unbranched alkanes of at least 4 members (excludes halogenated alkanes) is 16. The Morgan fingerprint density at radius 1 is 0.469 bits per heavy atom. The molecule has 4 aromatic rings. The number of nitro benzene ring substituents is 2. The molecule has 0 aliphatic heterocycles. The van der Waals surface area contributed by atoms with E-state index in [0.29, 0.717) is 12.8 Å². The van der Waals surface area contributed by atoms with E-state index in [1.807, 2.05) is 24.3 Å². The van der Waals surface area contributed by atoms with Gasteiger partial charge < -0.3 is 18.6 Å². The van der Waals surface area contributed by atoms with Crippen LogP contribution in [-0.2, 0) is 44.7 Å². The second-order valence-electron chi connectivity index (χ2n) is 17.0. The van der Waals surface area contributed by atoms with Crippen LogP contribution in [0.3, 0.4) is 0 Å². The first-order chi connectivity index (χ1) is 31.1. The number of esters is 2. The molecule has 0 radical (unpaired) electrons. The quantitative estimate of drug-likeness (QED) is 0.0204. The number of hydrogen-bond acceptors (Lipinski definition) is 8. The highest BCUT2D eigenvalue weighted by atomic mass is 16.6. The topological polar surface area (TPSA) is 149 Å². The number of rotatable bonds is 32. The van der Waals surface area contributed by atoms with Crippen molar-refractivity contribution in [1.29, 1.82) is 0 Å². The summed E-state index contributed by atoms with van der Waals surface area (Å²) < 4.78 is 13.8. The Labute approximate surface area is 382 Å². The van der Waals surface area contributed by atoms with Gasteiger partial charge in [0.1, 0.15) is 0 Å². The van der Waals surface area contributed by atoms with Crippen molar-refractivity contribution < 1.29 is 28.9 Å². The first-order valence-electron chi connectivity index (χ1n) is 24.1. The number of ether oxygens (including phenoxy) is 2. The molecule has 12 nitrogen and oxygen atoms in total. The highest BCUT2D eigenvalue weighted by Crippen LogP contribution is 2.25. The van der Waals surface area contributed by atoms with E-state index in [1.165, 1.54) is 101 Å². The zero-order valence-electron chi connectivity index (χ0n) is 39.4. The molecule has 0 saturated carbocycles. The van der Waals surface area contributed by atoms with Crippen LogP contribution in [0.2, 0.25) is 0 Å². The van der Waals surface area contributed by atoms with Gasteiger partial charge in [0.2, 0.25) is 0 Å². The van der Waals surface area contributed by atoms with E-state index in [0.717, 1.165) is 101 Å². The Bertz CT molecular complexity index is 1930. The number of carbonyl (C=O) groups is 2. The van der Waals surface area contributed by atoms with Crippen molar-refractivity contribution in [2.75, 3.05) is 14.2 Å². The Morgan fingerprint density at radius 3 is 1.11 bits per heavy atom. The molecule has 0 aliphatic rings. The van der Waals surface area contributed by atoms with Crippen molar-refractivity contribution in [2.45, 2.75) is 181 Å². The molecule has 0 atom stereocenters. The molecule has 0 saturated heterocycles. The van der Waals surface area contributed by atoms with Crippen molar-refractivity contribution in [3.63, 3.8) is 0 Å². The fraction of sp³-hybridized carbons (Fsp3) is 0.577. The third-order valence-electron chi connectivity index (χ3n) is 11.8. The maximum absolute atomic E-state index is 11.1. The van der Waals surface area contributed by atoms with Gasteiger partial charge in [-0.25, -0.2) is 0 Å². The summed E-state index contributed by atoms with van der Waals surface area (Å²) >= 11 is 0. The van der Waals surface area contributed by atoms with Gasteiger partial charge >= 0.3 is 11.9 Å². The van der Waals surface area contributed by atoms with E-state index in [4.69, 9.17) is 0 Å². The summed E-state index contributed by atoms with van der Waals surface area (Å²) in [6, 6.07) is 18.3. The molecule has 0 N–H and O–H groups in total. The molecule has 0 amide bonds. The van der Waals surface area contributed by atoms with Crippen molar-refractivity contribution >= 4 is 23.3 Å². The Kier molecular flexibility index (Phi) is 26.2. The van der Waals surface area contributed by atoms with Crippen LogP contribution in [0, 0.1) is 20.2 Å². The lowest BCUT2D eigenvalue weighted by atomic mass is 10.1. The summed E-state index contributed by atoms with van der Waals surface area (Å²) in [6.07, 6.45) is 32.6. The van der Waals surface area contributed by atoms with Crippen LogP contribution < -0.4 is 0 Å². The predicted octanol–water partition coefficient (Wildman–Crippen LogP) is 13.9. The van der Waals surface area contributed by atoms with Gasteiger partial charge in [0.05, 0.1) is 24.1 Å². The maximum atomic E-state index is 11.1. The first-order valence-corrected chi connectivity index (χ1v) is 24.1. The number of aryl methyl sites for hydroxylation is 4. The fourth-order valence-electron chi connectivity index (χ4n) is 8.03. The Balaban J connectivity index is 0.000000340. The van der Waals surface area contributed by atoms with Crippen LogP contribution in [0.25, 0.3) is 11.4 Å². The zero-order chi connectivity index (χ0) is 46.4. The molecule has 2 aromatic carbocycles. The van der Waals surface area contributed by atoms with Crippen molar-refractivity contribution in [3.8, 4) is 11.4 Å². The molecule has 64 heavy (non-hydrogen) atoms. The minimum atomic E-state index is -0.356. The van der Waals surface area contributed by atoms with Crippen LogP contribution in [0.5, 0.6) is 0 Å². The maximum Gasteiger partial charge on any atom is 0.305 e. The van der Waals surface area contributed by atoms with Crippen LogP contribution >= 0.6 is 0 Å². The molecule has 0 bridgehead atoms. The molecule has 4 rings (SSSR count). The number of aromatic nitrogens is 2. The van der Waals surface area contributed by atoms with Crippen molar-refractivity contribution in [2.24, 2.45) is 0 Å². The largest absolute Gasteiger partial charge is 0.469 e. The van der Waals surface area contributed by atoms with Gasteiger partial charge in [0.15, 0.2) is 0 Å². The molecule has 2 aromatic heterocycles. The highest BCUT2D eigenvalue weighted by Gasteiger charge is 2.13. The molecular weight excluding hydrogens is 809 g/mol.